The number of carbonyl (C=O) groups is 2. The lowest BCUT2D eigenvalue weighted by Crippen LogP contribution is -2.40. The van der Waals surface area contributed by atoms with Gasteiger partial charge in [-0.3, -0.25) is 9.59 Å². The number of ether oxygens (including phenoxy) is 2. The second-order valence-corrected chi connectivity index (χ2v) is 6.84. The number of rotatable bonds is 13. The predicted octanol–water partition coefficient (Wildman–Crippen LogP) is -0.275. The van der Waals surface area contributed by atoms with Gasteiger partial charge in [-0.05, 0) is 41.2 Å². The van der Waals surface area contributed by atoms with Gasteiger partial charge in [-0.25, -0.2) is 0 Å². The van der Waals surface area contributed by atoms with Gasteiger partial charge in [0.1, 0.15) is 12.3 Å². The first-order valence-corrected chi connectivity index (χ1v) is 8.28. The van der Waals surface area contributed by atoms with Crippen molar-refractivity contribution in [2.45, 2.75) is 51.8 Å². The van der Waals surface area contributed by atoms with Crippen LogP contribution in [0.4, 0.5) is 0 Å². The summed E-state index contributed by atoms with van der Waals surface area (Å²) < 4.78 is 10.5. The van der Waals surface area contributed by atoms with E-state index in [1.165, 1.54) is 0 Å². The van der Waals surface area contributed by atoms with Gasteiger partial charge in [-0.15, -0.1) is 0 Å². The lowest BCUT2D eigenvalue weighted by molar-refractivity contribution is -0.131. The lowest BCUT2D eigenvalue weighted by Gasteiger charge is -2.23. The number of carbonyl (C=O) groups excluding carboxylic acids is 2. The van der Waals surface area contributed by atoms with E-state index in [-0.39, 0.29) is 24.0 Å². The molecule has 142 valence electrons. The average molecular weight is 346 g/mol. The van der Waals surface area contributed by atoms with Crippen molar-refractivity contribution in [3.8, 4) is 0 Å². The smallest absolute Gasteiger partial charge is 0.246 e. The van der Waals surface area contributed by atoms with E-state index in [1.54, 1.807) is 13.8 Å². The maximum Gasteiger partial charge on any atom is 0.246 e. The number of nitrogens with one attached hydrogen (secondary N) is 3. The Balaban J connectivity index is 3.51. The van der Waals surface area contributed by atoms with Gasteiger partial charge in [-0.1, -0.05) is 0 Å². The lowest BCUT2D eigenvalue weighted by atomic mass is 9.99. The highest BCUT2D eigenvalue weighted by Crippen LogP contribution is 2.09. The Bertz CT molecular complexity index is 381. The molecule has 0 atom stereocenters. The third-order valence-electron chi connectivity index (χ3n) is 3.37. The van der Waals surface area contributed by atoms with Gasteiger partial charge < -0.3 is 31.2 Å². The minimum absolute atomic E-state index is 0.0109. The summed E-state index contributed by atoms with van der Waals surface area (Å²) in [5.74, 6) is -0.227. The van der Waals surface area contributed by atoms with Gasteiger partial charge in [0.15, 0.2) is 0 Å². The van der Waals surface area contributed by atoms with Crippen molar-refractivity contribution in [1.82, 2.24) is 16.0 Å². The van der Waals surface area contributed by atoms with E-state index in [9.17, 15) is 9.59 Å². The first kappa shape index (κ1) is 22.8. The van der Waals surface area contributed by atoms with Crippen LogP contribution in [0.1, 0.15) is 40.5 Å². The molecule has 2 amide bonds. The monoisotopic (exact) mass is 346 g/mol. The van der Waals surface area contributed by atoms with E-state index in [4.69, 9.17) is 15.2 Å². The average Bonchev–Trinajstić information content (AvgIpc) is 2.49. The fraction of sp³-hybridized carbons (Fsp3) is 0.875. The maximum atomic E-state index is 11.7. The molecule has 0 aromatic rings. The van der Waals surface area contributed by atoms with Crippen molar-refractivity contribution < 1.29 is 19.1 Å². The molecule has 0 bridgehead atoms. The SMILES string of the molecule is CNC(C)(C)CCC(=O)NCCOCCNC(=O)COC(C)(C)N. The molecule has 8 heteroatoms. The fourth-order valence-electron chi connectivity index (χ4n) is 1.57. The first-order valence-electron chi connectivity index (χ1n) is 8.28. The van der Waals surface area contributed by atoms with Crippen LogP contribution >= 0.6 is 0 Å². The van der Waals surface area contributed by atoms with Crippen LogP contribution in [0, 0.1) is 0 Å². The molecule has 0 radical (unpaired) electrons. The molecule has 0 spiro atoms. The van der Waals surface area contributed by atoms with Crippen LogP contribution < -0.4 is 21.7 Å². The molecule has 24 heavy (non-hydrogen) atoms. The quantitative estimate of drug-likeness (QED) is 0.269. The third-order valence-corrected chi connectivity index (χ3v) is 3.37. The Morgan fingerprint density at radius 1 is 1.00 bits per heavy atom. The summed E-state index contributed by atoms with van der Waals surface area (Å²) in [6.07, 6.45) is 1.24. The Morgan fingerprint density at radius 2 is 1.54 bits per heavy atom. The second kappa shape index (κ2) is 11.4. The van der Waals surface area contributed by atoms with Crippen LogP contribution in [0.25, 0.3) is 0 Å². The minimum Gasteiger partial charge on any atom is -0.378 e. The zero-order valence-electron chi connectivity index (χ0n) is 15.7. The summed E-state index contributed by atoms with van der Waals surface area (Å²) in [5.41, 5.74) is 4.73. The van der Waals surface area contributed by atoms with Crippen molar-refractivity contribution in [2.75, 3.05) is 40.0 Å². The molecule has 0 fully saturated rings. The highest BCUT2D eigenvalue weighted by Gasteiger charge is 2.16. The zero-order chi connectivity index (χ0) is 18.6. The summed E-state index contributed by atoms with van der Waals surface area (Å²) >= 11 is 0. The predicted molar refractivity (Wildman–Crippen MR) is 93.4 cm³/mol. The zero-order valence-corrected chi connectivity index (χ0v) is 15.7. The van der Waals surface area contributed by atoms with E-state index in [0.717, 1.165) is 6.42 Å². The van der Waals surface area contributed by atoms with E-state index in [1.807, 2.05) is 7.05 Å². The molecule has 0 aliphatic heterocycles. The molecular formula is C16H34N4O4. The standard InChI is InChI=1S/C16H34N4O4/c1-15(2,18-5)7-6-13(21)19-8-10-23-11-9-20-14(22)12-24-16(3,4)17/h18H,6-12,17H2,1-5H3,(H,19,21)(H,20,22). The fourth-order valence-corrected chi connectivity index (χ4v) is 1.57. The van der Waals surface area contributed by atoms with Gasteiger partial charge in [0.05, 0.1) is 13.2 Å². The van der Waals surface area contributed by atoms with Gasteiger partial charge in [0.25, 0.3) is 0 Å². The Hall–Kier alpha value is -1.22. The normalized spacial score (nSPS) is 12.1. The largest absolute Gasteiger partial charge is 0.378 e. The van der Waals surface area contributed by atoms with Crippen LogP contribution in [0.5, 0.6) is 0 Å². The van der Waals surface area contributed by atoms with Crippen LogP contribution in [-0.4, -0.2) is 63.0 Å². The molecule has 5 N–H and O–H groups in total. The number of amides is 2. The van der Waals surface area contributed by atoms with Gasteiger partial charge in [0.2, 0.25) is 11.8 Å². The molecule has 0 aromatic carbocycles. The summed E-state index contributed by atoms with van der Waals surface area (Å²) in [6.45, 7) is 9.00. The molecule has 0 aliphatic rings. The van der Waals surface area contributed by atoms with Crippen molar-refractivity contribution in [1.29, 1.82) is 0 Å². The number of hydrogen-bond donors (Lipinski definition) is 4. The van der Waals surface area contributed by atoms with Crippen molar-refractivity contribution in [3.63, 3.8) is 0 Å². The molecular weight excluding hydrogens is 312 g/mol. The maximum absolute atomic E-state index is 11.7. The molecule has 0 saturated carbocycles. The van der Waals surface area contributed by atoms with Crippen LogP contribution in [-0.2, 0) is 19.1 Å². The Morgan fingerprint density at radius 3 is 2.04 bits per heavy atom. The molecule has 0 saturated heterocycles. The molecule has 8 nitrogen and oxygen atoms in total. The highest BCUT2D eigenvalue weighted by molar-refractivity contribution is 5.77. The van der Waals surface area contributed by atoms with Gasteiger partial charge >= 0.3 is 0 Å². The van der Waals surface area contributed by atoms with Crippen molar-refractivity contribution in [3.05, 3.63) is 0 Å². The molecule has 0 aliphatic carbocycles. The van der Waals surface area contributed by atoms with Crippen molar-refractivity contribution >= 4 is 11.8 Å². The molecule has 0 heterocycles. The third kappa shape index (κ3) is 14.4. The Labute approximate surface area is 145 Å². The van der Waals surface area contributed by atoms with Crippen molar-refractivity contribution in [2.24, 2.45) is 5.73 Å². The van der Waals surface area contributed by atoms with E-state index in [0.29, 0.717) is 32.7 Å². The first-order chi connectivity index (χ1) is 11.1. The number of nitrogens with two attached hydrogens (primary N) is 1. The summed E-state index contributed by atoms with van der Waals surface area (Å²) in [7, 11) is 1.88. The summed E-state index contributed by atoms with van der Waals surface area (Å²) in [5, 5.41) is 8.62. The minimum atomic E-state index is -0.825. The second-order valence-electron chi connectivity index (χ2n) is 6.84. The Kier molecular flexibility index (Phi) is 10.8. The van der Waals surface area contributed by atoms with E-state index in [2.05, 4.69) is 29.8 Å². The van der Waals surface area contributed by atoms with Crippen LogP contribution in [0.3, 0.4) is 0 Å². The van der Waals surface area contributed by atoms with Crippen LogP contribution in [0.15, 0.2) is 0 Å². The molecule has 0 unspecified atom stereocenters. The molecule has 0 aromatic heterocycles. The van der Waals surface area contributed by atoms with Crippen LogP contribution in [0.2, 0.25) is 0 Å². The molecule has 0 rings (SSSR count). The summed E-state index contributed by atoms with van der Waals surface area (Å²) in [6, 6.07) is 0. The van der Waals surface area contributed by atoms with E-state index < -0.39 is 5.72 Å². The van der Waals surface area contributed by atoms with E-state index >= 15 is 0 Å². The van der Waals surface area contributed by atoms with Gasteiger partial charge in [0, 0.05) is 25.0 Å². The summed E-state index contributed by atoms with van der Waals surface area (Å²) in [4.78, 5) is 23.1. The number of hydrogen-bond acceptors (Lipinski definition) is 6. The van der Waals surface area contributed by atoms with Gasteiger partial charge in [-0.2, -0.15) is 0 Å². The topological polar surface area (TPSA) is 115 Å². The highest BCUT2D eigenvalue weighted by atomic mass is 16.5.